The van der Waals surface area contributed by atoms with Crippen molar-refractivity contribution in [2.24, 2.45) is 0 Å². The van der Waals surface area contributed by atoms with E-state index >= 15 is 0 Å². The first-order valence-corrected chi connectivity index (χ1v) is 9.63. The van der Waals surface area contributed by atoms with E-state index in [1.165, 1.54) is 0 Å². The Hall–Kier alpha value is -2.29. The minimum Gasteiger partial charge on any atom is -0.343 e. The van der Waals surface area contributed by atoms with E-state index in [9.17, 15) is 18.0 Å². The molecular formula is C15H22N4O4S. The van der Waals surface area contributed by atoms with Gasteiger partial charge in [-0.05, 0) is 37.1 Å². The summed E-state index contributed by atoms with van der Waals surface area (Å²) in [6, 6.07) is 6.00. The van der Waals surface area contributed by atoms with E-state index in [1.54, 1.807) is 24.3 Å². The van der Waals surface area contributed by atoms with Gasteiger partial charge in [0.15, 0.2) is 0 Å². The van der Waals surface area contributed by atoms with E-state index in [0.717, 1.165) is 19.2 Å². The van der Waals surface area contributed by atoms with Gasteiger partial charge in [0, 0.05) is 37.4 Å². The van der Waals surface area contributed by atoms with E-state index in [4.69, 9.17) is 0 Å². The maximum Gasteiger partial charge on any atom is 0.319 e. The van der Waals surface area contributed by atoms with Crippen LogP contribution in [0.5, 0.6) is 0 Å². The summed E-state index contributed by atoms with van der Waals surface area (Å²) < 4.78 is 24.6. The number of carbonyl (C=O) groups is 2. The highest BCUT2D eigenvalue weighted by Gasteiger charge is 2.18. The van der Waals surface area contributed by atoms with Gasteiger partial charge in [-0.15, -0.1) is 0 Å². The number of hydrogen-bond donors (Lipinski definition) is 3. The van der Waals surface area contributed by atoms with Gasteiger partial charge in [0.1, 0.15) is 0 Å². The van der Waals surface area contributed by atoms with Crippen molar-refractivity contribution < 1.29 is 18.0 Å². The number of rotatable bonds is 7. The molecule has 0 spiro atoms. The van der Waals surface area contributed by atoms with E-state index < -0.39 is 10.0 Å². The van der Waals surface area contributed by atoms with Gasteiger partial charge in [-0.3, -0.25) is 9.52 Å². The lowest BCUT2D eigenvalue weighted by molar-refractivity contribution is -0.127. The average molecular weight is 354 g/mol. The van der Waals surface area contributed by atoms with E-state index in [0.29, 0.717) is 37.3 Å². The van der Waals surface area contributed by atoms with Gasteiger partial charge in [-0.2, -0.15) is 0 Å². The lowest BCUT2D eigenvalue weighted by Crippen LogP contribution is -2.33. The third-order valence-electron chi connectivity index (χ3n) is 3.51. The van der Waals surface area contributed by atoms with Crippen LogP contribution in [0, 0.1) is 0 Å². The fourth-order valence-corrected chi connectivity index (χ4v) is 2.99. The minimum atomic E-state index is -3.32. The van der Waals surface area contributed by atoms with Gasteiger partial charge >= 0.3 is 6.03 Å². The van der Waals surface area contributed by atoms with Crippen molar-refractivity contribution in [1.29, 1.82) is 0 Å². The quantitative estimate of drug-likeness (QED) is 0.639. The summed E-state index contributed by atoms with van der Waals surface area (Å²) in [6.45, 7) is 1.94. The molecule has 1 fully saturated rings. The molecule has 132 valence electrons. The largest absolute Gasteiger partial charge is 0.343 e. The molecule has 0 radical (unpaired) electrons. The van der Waals surface area contributed by atoms with E-state index in [1.807, 2.05) is 4.90 Å². The topological polar surface area (TPSA) is 108 Å². The molecule has 9 heteroatoms. The first-order chi connectivity index (χ1) is 11.3. The molecule has 1 aromatic rings. The Morgan fingerprint density at radius 1 is 1.21 bits per heavy atom. The van der Waals surface area contributed by atoms with Crippen molar-refractivity contribution in [3.05, 3.63) is 24.3 Å². The van der Waals surface area contributed by atoms with Crippen LogP contribution in [0.25, 0.3) is 0 Å². The number of hydrogen-bond acceptors (Lipinski definition) is 4. The number of nitrogens with zero attached hydrogens (tertiary/aromatic N) is 1. The predicted octanol–water partition coefficient (Wildman–Crippen LogP) is 1.19. The summed E-state index contributed by atoms with van der Waals surface area (Å²) in [5.74, 6) is 0.183. The number of benzene rings is 1. The van der Waals surface area contributed by atoms with Crippen LogP contribution in [-0.4, -0.2) is 51.1 Å². The highest BCUT2D eigenvalue weighted by atomic mass is 32.2. The van der Waals surface area contributed by atoms with Gasteiger partial charge in [0.25, 0.3) is 0 Å². The first kappa shape index (κ1) is 18.1. The highest BCUT2D eigenvalue weighted by molar-refractivity contribution is 7.92. The summed E-state index contributed by atoms with van der Waals surface area (Å²) in [4.78, 5) is 25.0. The van der Waals surface area contributed by atoms with Crippen LogP contribution < -0.4 is 15.4 Å². The monoisotopic (exact) mass is 354 g/mol. The number of carbonyl (C=O) groups excluding carboxylic acids is 2. The Balaban J connectivity index is 1.69. The average Bonchev–Trinajstić information content (AvgIpc) is 2.90. The Labute approximate surface area is 141 Å². The molecule has 1 saturated heterocycles. The van der Waals surface area contributed by atoms with Crippen LogP contribution in [0.1, 0.15) is 19.3 Å². The van der Waals surface area contributed by atoms with E-state index in [-0.39, 0.29) is 11.9 Å². The fraction of sp³-hybridized carbons (Fsp3) is 0.467. The number of sulfonamides is 1. The molecule has 3 N–H and O–H groups in total. The fourth-order valence-electron chi connectivity index (χ4n) is 2.42. The summed E-state index contributed by atoms with van der Waals surface area (Å²) >= 11 is 0. The number of likely N-dealkylation sites (tertiary alicyclic amines) is 1. The number of urea groups is 1. The molecule has 8 nitrogen and oxygen atoms in total. The van der Waals surface area contributed by atoms with Crippen molar-refractivity contribution in [2.75, 3.05) is 35.9 Å². The molecule has 1 aromatic carbocycles. The Kier molecular flexibility index (Phi) is 6.02. The number of anilines is 2. The lowest BCUT2D eigenvalue weighted by atomic mass is 10.3. The van der Waals surface area contributed by atoms with Crippen LogP contribution >= 0.6 is 0 Å². The van der Waals surface area contributed by atoms with Crippen LogP contribution in [0.2, 0.25) is 0 Å². The molecule has 0 unspecified atom stereocenters. The number of amides is 3. The molecule has 1 aliphatic rings. The second-order valence-corrected chi connectivity index (χ2v) is 7.42. The molecule has 0 bridgehead atoms. The molecule has 0 saturated carbocycles. The molecule has 3 amide bonds. The maximum atomic E-state index is 11.8. The third-order valence-corrected chi connectivity index (χ3v) is 4.11. The highest BCUT2D eigenvalue weighted by Crippen LogP contribution is 2.14. The second kappa shape index (κ2) is 8.00. The van der Waals surface area contributed by atoms with Gasteiger partial charge in [0.05, 0.1) is 6.26 Å². The number of nitrogens with one attached hydrogen (secondary N) is 3. The second-order valence-electron chi connectivity index (χ2n) is 5.67. The first-order valence-electron chi connectivity index (χ1n) is 7.74. The lowest BCUT2D eigenvalue weighted by Gasteiger charge is -2.15. The Morgan fingerprint density at radius 3 is 2.46 bits per heavy atom. The van der Waals surface area contributed by atoms with Gasteiger partial charge in [-0.1, -0.05) is 0 Å². The van der Waals surface area contributed by atoms with Gasteiger partial charge < -0.3 is 15.5 Å². The summed E-state index contributed by atoms with van der Waals surface area (Å²) in [6.07, 6.45) is 3.31. The van der Waals surface area contributed by atoms with Crippen molar-refractivity contribution in [1.82, 2.24) is 10.2 Å². The molecule has 0 aliphatic carbocycles. The third kappa shape index (κ3) is 6.07. The summed E-state index contributed by atoms with van der Waals surface area (Å²) in [5, 5.41) is 5.38. The zero-order chi connectivity index (χ0) is 17.6. The van der Waals surface area contributed by atoms with Crippen molar-refractivity contribution in [3.8, 4) is 0 Å². The minimum absolute atomic E-state index is 0.183. The summed E-state index contributed by atoms with van der Waals surface area (Å²) in [7, 11) is -3.32. The molecule has 0 atom stereocenters. The predicted molar refractivity (Wildman–Crippen MR) is 92.4 cm³/mol. The standard InChI is InChI=1S/C15H22N4O4S/c1-24(22,23)18-13-7-5-12(6-8-13)17-15(21)16-9-3-11-19-10-2-4-14(19)20/h5-8,18H,2-4,9-11H2,1H3,(H2,16,17,21). The Bertz CT molecular complexity index is 688. The Morgan fingerprint density at radius 2 is 1.88 bits per heavy atom. The van der Waals surface area contributed by atoms with Crippen molar-refractivity contribution in [3.63, 3.8) is 0 Å². The van der Waals surface area contributed by atoms with Crippen LogP contribution in [0.4, 0.5) is 16.2 Å². The van der Waals surface area contributed by atoms with Crippen LogP contribution in [-0.2, 0) is 14.8 Å². The smallest absolute Gasteiger partial charge is 0.319 e. The molecule has 1 aliphatic heterocycles. The normalized spacial score (nSPS) is 14.5. The van der Waals surface area contributed by atoms with E-state index in [2.05, 4.69) is 15.4 Å². The van der Waals surface area contributed by atoms with Crippen LogP contribution in [0.15, 0.2) is 24.3 Å². The van der Waals surface area contributed by atoms with Crippen molar-refractivity contribution in [2.45, 2.75) is 19.3 Å². The zero-order valence-electron chi connectivity index (χ0n) is 13.5. The molecule has 1 heterocycles. The molecular weight excluding hydrogens is 332 g/mol. The van der Waals surface area contributed by atoms with Gasteiger partial charge in [-0.25, -0.2) is 13.2 Å². The molecule has 24 heavy (non-hydrogen) atoms. The summed E-state index contributed by atoms with van der Waals surface area (Å²) in [5.41, 5.74) is 0.986. The molecule has 0 aromatic heterocycles. The SMILES string of the molecule is CS(=O)(=O)Nc1ccc(NC(=O)NCCCN2CCCC2=O)cc1. The van der Waals surface area contributed by atoms with Crippen molar-refractivity contribution >= 4 is 33.3 Å². The van der Waals surface area contributed by atoms with Crippen LogP contribution in [0.3, 0.4) is 0 Å². The zero-order valence-corrected chi connectivity index (χ0v) is 14.4. The maximum absolute atomic E-state index is 11.8. The van der Waals surface area contributed by atoms with Gasteiger partial charge in [0.2, 0.25) is 15.9 Å². The molecule has 2 rings (SSSR count).